The summed E-state index contributed by atoms with van der Waals surface area (Å²) >= 11 is 0. The summed E-state index contributed by atoms with van der Waals surface area (Å²) in [5.74, 6) is -0.0328. The van der Waals surface area contributed by atoms with Crippen molar-refractivity contribution in [1.82, 2.24) is 0 Å². The molecule has 1 atom stereocenters. The molecule has 0 aliphatic heterocycles. The number of carbonyl (C=O) groups excluding carboxylic acids is 1. The lowest BCUT2D eigenvalue weighted by Crippen LogP contribution is -2.49. The van der Waals surface area contributed by atoms with Gasteiger partial charge in [0.25, 0.3) is 0 Å². The fraction of sp³-hybridized carbons (Fsp3) is 0.462. The number of hydrogen-bond donors (Lipinski definition) is 2. The minimum Gasteiger partial charge on any atom is -0.508 e. The highest BCUT2D eigenvalue weighted by Gasteiger charge is 2.30. The zero-order chi connectivity index (χ0) is 13.2. The average molecular weight is 236 g/mol. The van der Waals surface area contributed by atoms with Crippen molar-refractivity contribution in [2.24, 2.45) is 11.1 Å². The summed E-state index contributed by atoms with van der Waals surface area (Å²) in [6.45, 7) is 5.77. The van der Waals surface area contributed by atoms with Crippen LogP contribution in [-0.2, 0) is 4.79 Å². The van der Waals surface area contributed by atoms with Crippen LogP contribution >= 0.6 is 0 Å². The van der Waals surface area contributed by atoms with Gasteiger partial charge in [0.2, 0.25) is 5.91 Å². The first-order chi connectivity index (χ1) is 7.73. The van der Waals surface area contributed by atoms with E-state index in [0.717, 1.165) is 0 Å². The monoisotopic (exact) mass is 236 g/mol. The molecule has 0 spiro atoms. The molecule has 0 fully saturated rings. The summed E-state index contributed by atoms with van der Waals surface area (Å²) in [4.78, 5) is 13.6. The number of benzene rings is 1. The summed E-state index contributed by atoms with van der Waals surface area (Å²) in [5.41, 5.74) is 6.26. The second-order valence-electron chi connectivity index (χ2n) is 5.26. The van der Waals surface area contributed by atoms with Gasteiger partial charge in [-0.25, -0.2) is 0 Å². The second kappa shape index (κ2) is 4.75. The Hall–Kier alpha value is -1.55. The number of aromatic hydroxyl groups is 1. The lowest BCUT2D eigenvalue weighted by atomic mass is 9.86. The van der Waals surface area contributed by atoms with Gasteiger partial charge in [-0.15, -0.1) is 0 Å². The van der Waals surface area contributed by atoms with Gasteiger partial charge in [0, 0.05) is 18.8 Å². The molecule has 1 rings (SSSR count). The maximum atomic E-state index is 12.1. The van der Waals surface area contributed by atoms with E-state index in [4.69, 9.17) is 5.73 Å². The van der Waals surface area contributed by atoms with Gasteiger partial charge in [-0.2, -0.15) is 0 Å². The minimum absolute atomic E-state index is 0.131. The summed E-state index contributed by atoms with van der Waals surface area (Å²) in [7, 11) is 1.66. The number of hydrogen-bond acceptors (Lipinski definition) is 3. The molecule has 0 heterocycles. The van der Waals surface area contributed by atoms with Crippen LogP contribution in [0.25, 0.3) is 0 Å². The van der Waals surface area contributed by atoms with Crippen molar-refractivity contribution < 1.29 is 9.90 Å². The van der Waals surface area contributed by atoms with Crippen LogP contribution in [0.4, 0.5) is 5.69 Å². The Morgan fingerprint density at radius 1 is 1.41 bits per heavy atom. The summed E-state index contributed by atoms with van der Waals surface area (Å²) in [6, 6.07) is 5.97. The van der Waals surface area contributed by atoms with Crippen molar-refractivity contribution >= 4 is 11.6 Å². The average Bonchev–Trinajstić information content (AvgIpc) is 2.25. The molecule has 0 unspecified atom stereocenters. The molecule has 0 aromatic heterocycles. The van der Waals surface area contributed by atoms with Crippen molar-refractivity contribution in [2.75, 3.05) is 11.9 Å². The lowest BCUT2D eigenvalue weighted by molar-refractivity contribution is -0.121. The topological polar surface area (TPSA) is 66.6 Å². The predicted molar refractivity (Wildman–Crippen MR) is 68.9 cm³/mol. The quantitative estimate of drug-likeness (QED) is 0.821. The number of nitrogens with zero attached hydrogens (tertiary/aromatic N) is 1. The van der Waals surface area contributed by atoms with Crippen LogP contribution in [0.3, 0.4) is 0 Å². The number of phenolic OH excluding ortho intramolecular Hbond substituents is 1. The lowest BCUT2D eigenvalue weighted by Gasteiger charge is -2.30. The van der Waals surface area contributed by atoms with E-state index in [-0.39, 0.29) is 17.1 Å². The van der Waals surface area contributed by atoms with Crippen molar-refractivity contribution in [3.63, 3.8) is 0 Å². The third-order valence-electron chi connectivity index (χ3n) is 2.75. The first kappa shape index (κ1) is 13.5. The minimum atomic E-state index is -0.574. The van der Waals surface area contributed by atoms with Crippen molar-refractivity contribution in [3.8, 4) is 5.75 Å². The van der Waals surface area contributed by atoms with E-state index in [1.165, 1.54) is 11.0 Å². The molecule has 1 aromatic carbocycles. The first-order valence-corrected chi connectivity index (χ1v) is 5.55. The molecule has 3 N–H and O–H groups in total. The molecule has 0 aliphatic rings. The SMILES string of the molecule is CN(C(=O)[C@H](N)C(C)(C)C)c1cccc(O)c1. The second-order valence-corrected chi connectivity index (χ2v) is 5.26. The Morgan fingerprint density at radius 3 is 2.47 bits per heavy atom. The maximum absolute atomic E-state index is 12.1. The highest BCUT2D eigenvalue weighted by Crippen LogP contribution is 2.23. The predicted octanol–water partition coefficient (Wildman–Crippen LogP) is 1.73. The largest absolute Gasteiger partial charge is 0.508 e. The summed E-state index contributed by atoms with van der Waals surface area (Å²) in [5, 5.41) is 9.37. The van der Waals surface area contributed by atoms with Gasteiger partial charge in [0.15, 0.2) is 0 Å². The van der Waals surface area contributed by atoms with E-state index >= 15 is 0 Å². The van der Waals surface area contributed by atoms with Crippen LogP contribution in [0.15, 0.2) is 24.3 Å². The van der Waals surface area contributed by atoms with Gasteiger partial charge >= 0.3 is 0 Å². The third-order valence-corrected chi connectivity index (χ3v) is 2.75. The van der Waals surface area contributed by atoms with Crippen LogP contribution < -0.4 is 10.6 Å². The fourth-order valence-corrected chi connectivity index (χ4v) is 1.41. The smallest absolute Gasteiger partial charge is 0.244 e. The van der Waals surface area contributed by atoms with Crippen LogP contribution in [0.5, 0.6) is 5.75 Å². The molecule has 0 aliphatic carbocycles. The number of nitrogens with two attached hydrogens (primary N) is 1. The number of anilines is 1. The van der Waals surface area contributed by atoms with Gasteiger partial charge in [-0.3, -0.25) is 4.79 Å². The molecular formula is C13H20N2O2. The van der Waals surface area contributed by atoms with Crippen LogP contribution in [0.2, 0.25) is 0 Å². The van der Waals surface area contributed by atoms with E-state index in [2.05, 4.69) is 0 Å². The molecule has 1 amide bonds. The summed E-state index contributed by atoms with van der Waals surface area (Å²) in [6.07, 6.45) is 0. The Balaban J connectivity index is 2.91. The van der Waals surface area contributed by atoms with Gasteiger partial charge in [0.1, 0.15) is 5.75 Å². The molecule has 0 saturated heterocycles. The molecule has 0 radical (unpaired) electrons. The fourth-order valence-electron chi connectivity index (χ4n) is 1.41. The highest BCUT2D eigenvalue weighted by atomic mass is 16.3. The number of rotatable bonds is 2. The molecule has 17 heavy (non-hydrogen) atoms. The number of phenols is 1. The zero-order valence-corrected chi connectivity index (χ0v) is 10.8. The number of amides is 1. The summed E-state index contributed by atoms with van der Waals surface area (Å²) < 4.78 is 0. The van der Waals surface area contributed by atoms with Crippen LogP contribution in [-0.4, -0.2) is 24.1 Å². The Bertz CT molecular complexity index is 410. The zero-order valence-electron chi connectivity index (χ0n) is 10.8. The molecule has 0 saturated carbocycles. The van der Waals surface area contributed by atoms with E-state index in [9.17, 15) is 9.90 Å². The molecule has 4 nitrogen and oxygen atoms in total. The van der Waals surface area contributed by atoms with E-state index < -0.39 is 6.04 Å². The maximum Gasteiger partial charge on any atom is 0.244 e. The normalized spacial score (nSPS) is 13.2. The molecule has 4 heteroatoms. The molecule has 0 bridgehead atoms. The Kier molecular flexibility index (Phi) is 3.78. The van der Waals surface area contributed by atoms with Gasteiger partial charge in [-0.1, -0.05) is 26.8 Å². The van der Waals surface area contributed by atoms with Crippen LogP contribution in [0.1, 0.15) is 20.8 Å². The highest BCUT2D eigenvalue weighted by molar-refractivity contribution is 5.97. The van der Waals surface area contributed by atoms with Crippen molar-refractivity contribution in [1.29, 1.82) is 0 Å². The van der Waals surface area contributed by atoms with Gasteiger partial charge in [-0.05, 0) is 17.5 Å². The number of likely N-dealkylation sites (N-methyl/N-ethyl adjacent to an activating group) is 1. The standard InChI is InChI=1S/C13H20N2O2/c1-13(2,3)11(14)12(17)15(4)9-6-5-7-10(16)8-9/h5-8,11,16H,14H2,1-4H3/t11-/m0/s1. The molecular weight excluding hydrogens is 216 g/mol. The Morgan fingerprint density at radius 2 is 2.00 bits per heavy atom. The number of carbonyl (C=O) groups is 1. The van der Waals surface area contributed by atoms with E-state index in [1.807, 2.05) is 20.8 Å². The van der Waals surface area contributed by atoms with Gasteiger partial charge < -0.3 is 15.7 Å². The first-order valence-electron chi connectivity index (χ1n) is 5.55. The third kappa shape index (κ3) is 3.20. The molecule has 1 aromatic rings. The Labute approximate surface area is 102 Å². The van der Waals surface area contributed by atoms with E-state index in [0.29, 0.717) is 5.69 Å². The molecule has 94 valence electrons. The van der Waals surface area contributed by atoms with Crippen molar-refractivity contribution in [2.45, 2.75) is 26.8 Å². The van der Waals surface area contributed by atoms with Crippen molar-refractivity contribution in [3.05, 3.63) is 24.3 Å². The van der Waals surface area contributed by atoms with Gasteiger partial charge in [0.05, 0.1) is 6.04 Å². The van der Waals surface area contributed by atoms with E-state index in [1.54, 1.807) is 25.2 Å². The van der Waals surface area contributed by atoms with Crippen LogP contribution in [0, 0.1) is 5.41 Å².